The van der Waals surface area contributed by atoms with E-state index in [9.17, 15) is 0 Å². The molecule has 0 heterocycles. The second-order valence-corrected chi connectivity index (χ2v) is 4.74. The van der Waals surface area contributed by atoms with Crippen LogP contribution in [-0.2, 0) is 0 Å². The first-order valence-electron chi connectivity index (χ1n) is 3.94. The average Bonchev–Trinajstić information content (AvgIpc) is 1.78. The van der Waals surface area contributed by atoms with Crippen molar-refractivity contribution in [1.82, 2.24) is 0 Å². The molecule has 0 saturated carbocycles. The summed E-state index contributed by atoms with van der Waals surface area (Å²) in [5.41, 5.74) is 0. The third-order valence-corrected chi connectivity index (χ3v) is 1.85. The van der Waals surface area contributed by atoms with Gasteiger partial charge in [-0.25, -0.2) is 0 Å². The van der Waals surface area contributed by atoms with Crippen LogP contribution in [0.3, 0.4) is 0 Å². The van der Waals surface area contributed by atoms with Crippen molar-refractivity contribution in [1.29, 1.82) is 0 Å². The van der Waals surface area contributed by atoms with Gasteiger partial charge in [0, 0.05) is 0 Å². The minimum Gasteiger partial charge on any atom is -0.112 e. The van der Waals surface area contributed by atoms with Gasteiger partial charge in [0.1, 0.15) is 7.85 Å². The summed E-state index contributed by atoms with van der Waals surface area (Å²) in [4.78, 5) is 0. The van der Waals surface area contributed by atoms with Crippen molar-refractivity contribution in [2.45, 2.75) is 43.3 Å². The molecule has 3 heteroatoms. The molecule has 0 spiro atoms. The molecule has 0 fully saturated rings. The second-order valence-electron chi connectivity index (χ2n) is 2.88. The third kappa shape index (κ3) is 8.64. The monoisotopic (exact) mass is 180 g/mol. The predicted molar refractivity (Wildman–Crippen MR) is 51.7 cm³/mol. The molecule has 0 rings (SSSR count). The van der Waals surface area contributed by atoms with E-state index >= 15 is 0 Å². The van der Waals surface area contributed by atoms with Gasteiger partial charge in [0.25, 0.3) is 0 Å². The molecule has 0 aliphatic rings. The molecule has 0 aliphatic heterocycles. The third-order valence-electron chi connectivity index (χ3n) is 1.47. The zero-order chi connectivity index (χ0) is 8.04. The number of halogens is 2. The van der Waals surface area contributed by atoms with Crippen molar-refractivity contribution in [2.75, 3.05) is 0 Å². The molecule has 0 aromatic rings. The molecule has 0 aliphatic carbocycles. The van der Waals surface area contributed by atoms with Crippen LogP contribution in [0.15, 0.2) is 0 Å². The highest BCUT2D eigenvalue weighted by Gasteiger charge is 2.14. The van der Waals surface area contributed by atoms with Gasteiger partial charge in [-0.3, -0.25) is 0 Å². The first kappa shape index (κ1) is 10.6. The number of hydrogen-bond acceptors (Lipinski definition) is 0. The van der Waals surface area contributed by atoms with E-state index in [0.29, 0.717) is 0 Å². The standard InChI is InChI=1S/C7H15BCl2/c1-2-3-4-5-6-7(8,9)10/h2-6,8H2,1H3. The molecule has 0 amide bonds. The fraction of sp³-hybridized carbons (Fsp3) is 1.00. The van der Waals surface area contributed by atoms with Crippen molar-refractivity contribution in [3.63, 3.8) is 0 Å². The minimum atomic E-state index is -0.506. The Hall–Kier alpha value is 0.645. The first-order valence-corrected chi connectivity index (χ1v) is 4.69. The van der Waals surface area contributed by atoms with Crippen molar-refractivity contribution < 1.29 is 0 Å². The van der Waals surface area contributed by atoms with Crippen LogP contribution >= 0.6 is 23.2 Å². The molecule has 0 nitrogen and oxygen atoms in total. The Labute approximate surface area is 74.7 Å². The summed E-state index contributed by atoms with van der Waals surface area (Å²) >= 11 is 11.6. The summed E-state index contributed by atoms with van der Waals surface area (Å²) in [5, 5.41) is 0. The van der Waals surface area contributed by atoms with Crippen molar-refractivity contribution in [3.8, 4) is 0 Å². The van der Waals surface area contributed by atoms with Crippen LogP contribution in [-0.4, -0.2) is 12.1 Å². The Kier molecular flexibility index (Phi) is 5.66. The lowest BCUT2D eigenvalue weighted by molar-refractivity contribution is 0.639. The Morgan fingerprint density at radius 2 is 1.80 bits per heavy atom. The van der Waals surface area contributed by atoms with Gasteiger partial charge in [-0.1, -0.05) is 32.6 Å². The zero-order valence-corrected chi connectivity index (χ0v) is 8.30. The lowest BCUT2D eigenvalue weighted by Crippen LogP contribution is -2.11. The lowest BCUT2D eigenvalue weighted by Gasteiger charge is -2.11. The van der Waals surface area contributed by atoms with Gasteiger partial charge in [-0.05, 0) is 6.42 Å². The molecule has 10 heavy (non-hydrogen) atoms. The van der Waals surface area contributed by atoms with Gasteiger partial charge >= 0.3 is 0 Å². The number of unbranched alkanes of at least 4 members (excludes halogenated alkanes) is 3. The molecule has 0 atom stereocenters. The highest BCUT2D eigenvalue weighted by atomic mass is 35.5. The van der Waals surface area contributed by atoms with E-state index in [0.717, 1.165) is 12.8 Å². The molecule has 0 aromatic carbocycles. The number of hydrogen-bond donors (Lipinski definition) is 0. The summed E-state index contributed by atoms with van der Waals surface area (Å²) in [7, 11) is 1.85. The highest BCUT2D eigenvalue weighted by molar-refractivity contribution is 6.65. The fourth-order valence-corrected chi connectivity index (χ4v) is 1.13. The lowest BCUT2D eigenvalue weighted by atomic mass is 9.97. The van der Waals surface area contributed by atoms with Crippen molar-refractivity contribution in [3.05, 3.63) is 0 Å². The quantitative estimate of drug-likeness (QED) is 0.347. The van der Waals surface area contributed by atoms with Crippen LogP contribution in [0.25, 0.3) is 0 Å². The molecule has 60 valence electrons. The van der Waals surface area contributed by atoms with Gasteiger partial charge in [0.05, 0.1) is 4.23 Å². The summed E-state index contributed by atoms with van der Waals surface area (Å²) in [6.07, 6.45) is 5.88. The van der Waals surface area contributed by atoms with E-state index in [4.69, 9.17) is 23.2 Å². The topological polar surface area (TPSA) is 0 Å². The Bertz CT molecular complexity index is 78.2. The van der Waals surface area contributed by atoms with Gasteiger partial charge in [0.2, 0.25) is 0 Å². The predicted octanol–water partition coefficient (Wildman–Crippen LogP) is 2.72. The van der Waals surface area contributed by atoms with Crippen LogP contribution < -0.4 is 0 Å². The van der Waals surface area contributed by atoms with E-state index in [1.165, 1.54) is 19.3 Å². The maximum absolute atomic E-state index is 5.78. The van der Waals surface area contributed by atoms with E-state index in [-0.39, 0.29) is 0 Å². The van der Waals surface area contributed by atoms with Gasteiger partial charge < -0.3 is 0 Å². The second kappa shape index (κ2) is 5.32. The van der Waals surface area contributed by atoms with E-state index in [2.05, 4.69) is 6.92 Å². The average molecular weight is 181 g/mol. The fourth-order valence-electron chi connectivity index (χ4n) is 0.862. The van der Waals surface area contributed by atoms with Gasteiger partial charge in [0.15, 0.2) is 0 Å². The molecular weight excluding hydrogens is 166 g/mol. The van der Waals surface area contributed by atoms with E-state index in [1.807, 2.05) is 7.85 Å². The highest BCUT2D eigenvalue weighted by Crippen LogP contribution is 2.23. The maximum atomic E-state index is 5.78. The number of rotatable bonds is 5. The molecule has 0 aromatic heterocycles. The van der Waals surface area contributed by atoms with E-state index in [1.54, 1.807) is 0 Å². The normalized spacial score (nSPS) is 11.9. The summed E-state index contributed by atoms with van der Waals surface area (Å²) in [6.45, 7) is 2.20. The smallest absolute Gasteiger partial charge is 0.112 e. The Morgan fingerprint density at radius 1 is 1.20 bits per heavy atom. The summed E-state index contributed by atoms with van der Waals surface area (Å²) < 4.78 is -0.506. The Balaban J connectivity index is 3.04. The van der Waals surface area contributed by atoms with Crippen LogP contribution in [0.4, 0.5) is 0 Å². The largest absolute Gasteiger partial charge is 0.148 e. The van der Waals surface area contributed by atoms with Crippen molar-refractivity contribution in [2.24, 2.45) is 0 Å². The van der Waals surface area contributed by atoms with Crippen LogP contribution in [0.1, 0.15) is 39.0 Å². The minimum absolute atomic E-state index is 0.506. The molecule has 0 unspecified atom stereocenters. The zero-order valence-electron chi connectivity index (χ0n) is 6.79. The first-order chi connectivity index (χ1) is 4.56. The van der Waals surface area contributed by atoms with Gasteiger partial charge in [-0.15, -0.1) is 23.2 Å². The Morgan fingerprint density at radius 3 is 2.20 bits per heavy atom. The van der Waals surface area contributed by atoms with E-state index < -0.39 is 4.23 Å². The summed E-state index contributed by atoms with van der Waals surface area (Å²) in [5.74, 6) is 0. The van der Waals surface area contributed by atoms with Crippen molar-refractivity contribution >= 4 is 31.0 Å². The number of alkyl halides is 2. The summed E-state index contributed by atoms with van der Waals surface area (Å²) in [6, 6.07) is 0. The van der Waals surface area contributed by atoms with Crippen LogP contribution in [0, 0.1) is 0 Å². The molecular formula is C7H15BCl2. The molecule has 0 radical (unpaired) electrons. The van der Waals surface area contributed by atoms with Crippen LogP contribution in [0.2, 0.25) is 0 Å². The van der Waals surface area contributed by atoms with Gasteiger partial charge in [-0.2, -0.15) is 0 Å². The molecule has 0 bridgehead atoms. The SMILES string of the molecule is BC(Cl)(Cl)CCCCCC. The van der Waals surface area contributed by atoms with Crippen LogP contribution in [0.5, 0.6) is 0 Å². The maximum Gasteiger partial charge on any atom is 0.148 e. The molecule has 0 N–H and O–H groups in total. The molecule has 0 saturated heterocycles.